The molecule has 1 unspecified atom stereocenters. The molecule has 5 aromatic rings. The maximum atomic E-state index is 6.15. The molecule has 0 aliphatic rings. The number of benzene rings is 5. The first-order chi connectivity index (χ1) is 20.5. The van der Waals surface area contributed by atoms with Crippen LogP contribution in [0.15, 0.2) is 146 Å². The molecule has 0 saturated carbocycles. The van der Waals surface area contributed by atoms with E-state index in [-0.39, 0.29) is 31.9 Å². The fourth-order valence-electron chi connectivity index (χ4n) is 5.69. The van der Waals surface area contributed by atoms with Crippen molar-refractivity contribution in [3.8, 4) is 0 Å². The summed E-state index contributed by atoms with van der Waals surface area (Å²) in [5.74, 6) is 0. The molecule has 0 saturated heterocycles. The molecule has 5 rings (SSSR count). The summed E-state index contributed by atoms with van der Waals surface area (Å²) < 4.78 is 6.15. The molecule has 0 fully saturated rings. The van der Waals surface area contributed by atoms with Crippen molar-refractivity contribution in [1.82, 2.24) is 0 Å². The molecule has 0 aliphatic heterocycles. The molecular formula is C38H42ClOP2RhSi-. The predicted molar refractivity (Wildman–Crippen MR) is 190 cm³/mol. The zero-order chi connectivity index (χ0) is 29.2. The summed E-state index contributed by atoms with van der Waals surface area (Å²) in [6, 6.07) is 54.4. The van der Waals surface area contributed by atoms with E-state index in [1.807, 2.05) is 0 Å². The first-order valence-corrected chi connectivity index (χ1v) is 20.9. The van der Waals surface area contributed by atoms with E-state index in [9.17, 15) is 0 Å². The molecule has 0 heterocycles. The topological polar surface area (TPSA) is 9.23 Å². The Labute approximate surface area is 287 Å². The Morgan fingerprint density at radius 1 is 0.591 bits per heavy atom. The normalized spacial score (nSPS) is 11.9. The van der Waals surface area contributed by atoms with E-state index in [1.54, 1.807) is 0 Å². The van der Waals surface area contributed by atoms with Crippen LogP contribution in [-0.4, -0.2) is 26.7 Å². The average molecular weight is 743 g/mol. The Hall–Kier alpha value is -1.95. The standard InChI is InChI=1S/C38H42OP2Si.ClH.Rh/c1-4-39-42(2,3)38-29-26-32(27-30-38)25-28-37(41(35-21-13-7-14-22-35)36-23-15-8-16-24-36)31-40(33-17-9-5-10-18-33)34-19-11-6-12-20-34;;/h5-24,26-27,29-30,37H,4,25,28,31H2,1-3H3;1H;/p-1. The summed E-state index contributed by atoms with van der Waals surface area (Å²) in [5, 5.41) is 7.25. The maximum absolute atomic E-state index is 6.15. The molecule has 231 valence electrons. The SMILES string of the molecule is CCO[Si](C)(C)c1ccc(CCC(CP(c2ccccc2)c2ccccc2)P(c2ccccc2)c2ccccc2)cc1.[Cl-].[Rh]. The van der Waals surface area contributed by atoms with Gasteiger partial charge in [0.15, 0.2) is 0 Å². The molecule has 0 aromatic heterocycles. The monoisotopic (exact) mass is 742 g/mol. The summed E-state index contributed by atoms with van der Waals surface area (Å²) >= 11 is 0. The largest absolute Gasteiger partial charge is 1.00 e. The van der Waals surface area contributed by atoms with Gasteiger partial charge in [0.05, 0.1) is 0 Å². The van der Waals surface area contributed by atoms with Gasteiger partial charge in [0, 0.05) is 26.1 Å². The second-order valence-electron chi connectivity index (χ2n) is 11.2. The summed E-state index contributed by atoms with van der Waals surface area (Å²) in [5.41, 5.74) is 1.95. The first-order valence-electron chi connectivity index (χ1n) is 15.1. The number of hydrogen-bond acceptors (Lipinski definition) is 1. The zero-order valence-electron chi connectivity index (χ0n) is 25.8. The van der Waals surface area contributed by atoms with Crippen LogP contribution in [0.1, 0.15) is 18.9 Å². The molecule has 0 aliphatic carbocycles. The van der Waals surface area contributed by atoms with Crippen molar-refractivity contribution in [3.05, 3.63) is 151 Å². The first kappa shape index (κ1) is 36.5. The average Bonchev–Trinajstić information content (AvgIpc) is 3.04. The zero-order valence-corrected chi connectivity index (χ0v) is 31.0. The minimum absolute atomic E-state index is 0. The van der Waals surface area contributed by atoms with E-state index in [4.69, 9.17) is 4.43 Å². The molecule has 0 amide bonds. The van der Waals surface area contributed by atoms with E-state index in [0.29, 0.717) is 5.66 Å². The van der Waals surface area contributed by atoms with Crippen LogP contribution in [0.25, 0.3) is 0 Å². The van der Waals surface area contributed by atoms with Crippen LogP contribution in [0, 0.1) is 0 Å². The summed E-state index contributed by atoms with van der Waals surface area (Å²) in [6.07, 6.45) is 3.40. The second kappa shape index (κ2) is 18.3. The third kappa shape index (κ3) is 9.77. The van der Waals surface area contributed by atoms with Gasteiger partial charge < -0.3 is 16.8 Å². The molecular weight excluding hydrogens is 701 g/mol. The van der Waals surface area contributed by atoms with Gasteiger partial charge in [-0.15, -0.1) is 0 Å². The Kier molecular flexibility index (Phi) is 15.2. The van der Waals surface area contributed by atoms with Crippen molar-refractivity contribution in [3.63, 3.8) is 0 Å². The summed E-state index contributed by atoms with van der Waals surface area (Å²) in [6.45, 7) is 7.46. The minimum Gasteiger partial charge on any atom is -1.00 e. The molecule has 1 nitrogen and oxygen atoms in total. The molecule has 0 spiro atoms. The van der Waals surface area contributed by atoms with Gasteiger partial charge in [-0.3, -0.25) is 0 Å². The minimum atomic E-state index is -1.84. The Balaban J connectivity index is 0.00000264. The molecule has 1 radical (unpaired) electrons. The van der Waals surface area contributed by atoms with Gasteiger partial charge in [0.25, 0.3) is 0 Å². The van der Waals surface area contributed by atoms with Crippen molar-refractivity contribution in [2.75, 3.05) is 12.8 Å². The number of halogens is 1. The van der Waals surface area contributed by atoms with Crippen LogP contribution in [0.2, 0.25) is 13.1 Å². The van der Waals surface area contributed by atoms with Crippen molar-refractivity contribution in [1.29, 1.82) is 0 Å². The number of rotatable bonds is 13. The van der Waals surface area contributed by atoms with Crippen LogP contribution in [0.3, 0.4) is 0 Å². The third-order valence-electron chi connectivity index (χ3n) is 7.88. The molecule has 1 atom stereocenters. The summed E-state index contributed by atoms with van der Waals surface area (Å²) in [4.78, 5) is 0. The van der Waals surface area contributed by atoms with Gasteiger partial charge in [-0.05, 0) is 92.5 Å². The quantitative estimate of drug-likeness (QED) is 0.126. The van der Waals surface area contributed by atoms with Crippen molar-refractivity contribution < 1.29 is 36.3 Å². The Morgan fingerprint density at radius 3 is 1.41 bits per heavy atom. The van der Waals surface area contributed by atoms with Crippen molar-refractivity contribution >= 4 is 50.6 Å². The Morgan fingerprint density at radius 2 is 1.00 bits per heavy atom. The smallest absolute Gasteiger partial charge is 0.218 e. The molecule has 0 bridgehead atoms. The number of hydrogen-bond donors (Lipinski definition) is 0. The van der Waals surface area contributed by atoms with Crippen LogP contribution in [0.5, 0.6) is 0 Å². The van der Waals surface area contributed by atoms with Gasteiger partial charge in [-0.25, -0.2) is 0 Å². The molecule has 44 heavy (non-hydrogen) atoms. The van der Waals surface area contributed by atoms with E-state index in [1.165, 1.54) is 38.1 Å². The van der Waals surface area contributed by atoms with Crippen LogP contribution in [0.4, 0.5) is 0 Å². The maximum Gasteiger partial charge on any atom is 0.218 e. The molecule has 0 N–H and O–H groups in total. The van der Waals surface area contributed by atoms with Gasteiger partial charge in [0.1, 0.15) is 0 Å². The van der Waals surface area contributed by atoms with E-state index in [2.05, 4.69) is 166 Å². The summed E-state index contributed by atoms with van der Waals surface area (Å²) in [7, 11) is -2.90. The predicted octanol–water partition coefficient (Wildman–Crippen LogP) is 4.70. The van der Waals surface area contributed by atoms with Crippen LogP contribution >= 0.6 is 15.8 Å². The van der Waals surface area contributed by atoms with Gasteiger partial charge in [-0.2, -0.15) is 0 Å². The Bertz CT molecular complexity index is 1410. The van der Waals surface area contributed by atoms with Crippen LogP contribution in [-0.2, 0) is 30.3 Å². The van der Waals surface area contributed by atoms with Gasteiger partial charge in [0.2, 0.25) is 8.32 Å². The second-order valence-corrected chi connectivity index (χ2v) is 19.8. The van der Waals surface area contributed by atoms with Crippen LogP contribution < -0.4 is 38.8 Å². The van der Waals surface area contributed by atoms with Gasteiger partial charge >= 0.3 is 0 Å². The third-order valence-corrected chi connectivity index (χ3v) is 16.4. The fourth-order valence-corrected chi connectivity index (χ4v) is 13.6. The fraction of sp³-hybridized carbons (Fsp3) is 0.211. The van der Waals surface area contributed by atoms with E-state index < -0.39 is 24.2 Å². The van der Waals surface area contributed by atoms with Gasteiger partial charge in [-0.1, -0.05) is 146 Å². The van der Waals surface area contributed by atoms with E-state index in [0.717, 1.165) is 19.4 Å². The van der Waals surface area contributed by atoms with E-state index >= 15 is 0 Å². The molecule has 5 aromatic carbocycles. The van der Waals surface area contributed by atoms with Crippen molar-refractivity contribution in [2.45, 2.75) is 38.5 Å². The van der Waals surface area contributed by atoms with Crippen molar-refractivity contribution in [2.24, 2.45) is 0 Å². The molecule has 6 heteroatoms. The number of aryl methyl sites for hydroxylation is 1.